The lowest BCUT2D eigenvalue weighted by atomic mass is 9.80. The molecule has 0 saturated carbocycles. The lowest BCUT2D eigenvalue weighted by Crippen LogP contribution is -2.16. The predicted octanol–water partition coefficient (Wildman–Crippen LogP) is 3.77. The summed E-state index contributed by atoms with van der Waals surface area (Å²) in [4.78, 5) is 10.3. The van der Waals surface area contributed by atoms with Crippen molar-refractivity contribution in [1.29, 1.82) is 0 Å². The first-order chi connectivity index (χ1) is 8.14. The Kier molecular flexibility index (Phi) is 4.20. The second-order valence-electron chi connectivity index (χ2n) is 6.68. The number of benzene rings is 1. The number of carbonyl (C=O) groups excluding carboxylic acids is 1. The van der Waals surface area contributed by atoms with Crippen LogP contribution >= 0.6 is 0 Å². The van der Waals surface area contributed by atoms with E-state index in [4.69, 9.17) is 4.74 Å². The Morgan fingerprint density at radius 2 is 1.39 bits per heavy atom. The van der Waals surface area contributed by atoms with Crippen LogP contribution in [0.15, 0.2) is 18.2 Å². The average Bonchev–Trinajstić information content (AvgIpc) is 2.23. The first-order valence-electron chi connectivity index (χ1n) is 6.28. The van der Waals surface area contributed by atoms with Gasteiger partial charge in [-0.25, -0.2) is 0 Å². The standard InChI is InChI=1S/C16H23O2/c1-15(2,3)12-9-13(16(4,5)6)11-14(10-12)18-8-7-17/h9-11H,8H2,1-6H3. The number of hydrogen-bond acceptors (Lipinski definition) is 2. The van der Waals surface area contributed by atoms with Gasteiger partial charge in [-0.3, -0.25) is 4.79 Å². The zero-order valence-electron chi connectivity index (χ0n) is 12.3. The van der Waals surface area contributed by atoms with Crippen molar-refractivity contribution in [3.63, 3.8) is 0 Å². The first kappa shape index (κ1) is 14.7. The molecule has 99 valence electrons. The maximum absolute atomic E-state index is 10.3. The Morgan fingerprint density at radius 1 is 0.944 bits per heavy atom. The topological polar surface area (TPSA) is 26.3 Å². The molecule has 0 amide bonds. The summed E-state index contributed by atoms with van der Waals surface area (Å²) in [7, 11) is 0. The molecule has 0 N–H and O–H groups in total. The Labute approximate surface area is 110 Å². The Hall–Kier alpha value is -1.31. The molecular weight excluding hydrogens is 224 g/mol. The number of rotatable bonds is 3. The molecule has 0 aromatic heterocycles. The van der Waals surface area contributed by atoms with Gasteiger partial charge >= 0.3 is 0 Å². The second kappa shape index (κ2) is 5.13. The van der Waals surface area contributed by atoms with Gasteiger partial charge < -0.3 is 4.74 Å². The van der Waals surface area contributed by atoms with Gasteiger partial charge in [-0.15, -0.1) is 0 Å². The van der Waals surface area contributed by atoms with Gasteiger partial charge in [0, 0.05) is 0 Å². The predicted molar refractivity (Wildman–Crippen MR) is 75.0 cm³/mol. The van der Waals surface area contributed by atoms with Crippen molar-refractivity contribution < 1.29 is 9.53 Å². The van der Waals surface area contributed by atoms with Crippen molar-refractivity contribution in [2.45, 2.75) is 52.4 Å². The third-order valence-corrected chi connectivity index (χ3v) is 2.94. The van der Waals surface area contributed by atoms with Gasteiger partial charge in [-0.1, -0.05) is 47.6 Å². The molecule has 0 aliphatic heterocycles. The maximum Gasteiger partial charge on any atom is 0.239 e. The van der Waals surface area contributed by atoms with E-state index in [-0.39, 0.29) is 17.4 Å². The summed E-state index contributed by atoms with van der Waals surface area (Å²) in [6, 6.07) is 6.23. The molecule has 18 heavy (non-hydrogen) atoms. The van der Waals surface area contributed by atoms with Gasteiger partial charge in [-0.2, -0.15) is 0 Å². The van der Waals surface area contributed by atoms with Gasteiger partial charge in [0.05, 0.1) is 0 Å². The third kappa shape index (κ3) is 3.86. The maximum atomic E-state index is 10.3. The molecule has 1 aromatic rings. The van der Waals surface area contributed by atoms with Crippen LogP contribution in [0.4, 0.5) is 0 Å². The van der Waals surface area contributed by atoms with E-state index in [1.165, 1.54) is 11.1 Å². The van der Waals surface area contributed by atoms with E-state index in [0.717, 1.165) is 5.75 Å². The van der Waals surface area contributed by atoms with Crippen LogP contribution < -0.4 is 4.74 Å². The zero-order valence-corrected chi connectivity index (χ0v) is 12.3. The Morgan fingerprint density at radius 3 is 1.72 bits per heavy atom. The minimum atomic E-state index is -0.0167. The lowest BCUT2D eigenvalue weighted by Gasteiger charge is -2.26. The fraction of sp³-hybridized carbons (Fsp3) is 0.562. The third-order valence-electron chi connectivity index (χ3n) is 2.94. The zero-order chi connectivity index (χ0) is 14.0. The molecular formula is C16H23O2. The molecule has 0 spiro atoms. The molecule has 1 aromatic carbocycles. The van der Waals surface area contributed by atoms with E-state index in [9.17, 15) is 4.79 Å². The van der Waals surface area contributed by atoms with Crippen molar-refractivity contribution in [3.05, 3.63) is 29.3 Å². The Bertz CT molecular complexity index is 387. The van der Waals surface area contributed by atoms with Crippen molar-refractivity contribution in [2.75, 3.05) is 6.61 Å². The fourth-order valence-electron chi connectivity index (χ4n) is 1.66. The average molecular weight is 247 g/mol. The van der Waals surface area contributed by atoms with Crippen molar-refractivity contribution in [3.8, 4) is 5.75 Å². The van der Waals surface area contributed by atoms with Crippen LogP contribution in [0.2, 0.25) is 0 Å². The molecule has 1 radical (unpaired) electrons. The van der Waals surface area contributed by atoms with E-state index < -0.39 is 0 Å². The SMILES string of the molecule is CC(C)(C)c1cc(OC[C]=O)cc(C(C)(C)C)c1. The molecule has 0 aliphatic carbocycles. The highest BCUT2D eigenvalue weighted by atomic mass is 16.5. The molecule has 2 nitrogen and oxygen atoms in total. The van der Waals surface area contributed by atoms with Crippen molar-refractivity contribution in [2.24, 2.45) is 0 Å². The van der Waals surface area contributed by atoms with Crippen LogP contribution in [-0.4, -0.2) is 12.9 Å². The molecule has 0 aliphatic rings. The molecule has 0 saturated heterocycles. The summed E-state index contributed by atoms with van der Waals surface area (Å²) in [6.45, 7) is 13.0. The van der Waals surface area contributed by atoms with Gasteiger partial charge in [0.2, 0.25) is 6.29 Å². The summed E-state index contributed by atoms with van der Waals surface area (Å²) in [5.41, 5.74) is 2.56. The smallest absolute Gasteiger partial charge is 0.239 e. The Balaban J connectivity index is 3.24. The molecule has 0 unspecified atom stereocenters. The largest absolute Gasteiger partial charge is 0.485 e. The summed E-state index contributed by atoms with van der Waals surface area (Å²) in [5, 5.41) is 0. The minimum Gasteiger partial charge on any atom is -0.485 e. The summed E-state index contributed by atoms with van der Waals surface area (Å²) < 4.78 is 5.40. The van der Waals surface area contributed by atoms with E-state index in [2.05, 4.69) is 47.6 Å². The number of ether oxygens (including phenoxy) is 1. The first-order valence-corrected chi connectivity index (χ1v) is 6.28. The lowest BCUT2D eigenvalue weighted by molar-refractivity contribution is 0.362. The van der Waals surface area contributed by atoms with Crippen LogP contribution in [0.25, 0.3) is 0 Å². The van der Waals surface area contributed by atoms with E-state index in [0.29, 0.717) is 0 Å². The fourth-order valence-corrected chi connectivity index (χ4v) is 1.66. The van der Waals surface area contributed by atoms with Gasteiger partial charge in [0.15, 0.2) is 6.61 Å². The van der Waals surface area contributed by atoms with E-state index in [1.807, 2.05) is 12.1 Å². The van der Waals surface area contributed by atoms with Crippen molar-refractivity contribution in [1.82, 2.24) is 0 Å². The summed E-state index contributed by atoms with van der Waals surface area (Å²) >= 11 is 0. The monoisotopic (exact) mass is 247 g/mol. The molecule has 0 bridgehead atoms. The summed E-state index contributed by atoms with van der Waals surface area (Å²) in [5.74, 6) is 0.746. The minimum absolute atomic E-state index is 0.0167. The molecule has 1 rings (SSSR count). The molecule has 2 heteroatoms. The van der Waals surface area contributed by atoms with Crippen LogP contribution in [0.3, 0.4) is 0 Å². The molecule has 0 fully saturated rings. The van der Waals surface area contributed by atoms with Crippen LogP contribution in [0.5, 0.6) is 5.75 Å². The van der Waals surface area contributed by atoms with Crippen LogP contribution in [0.1, 0.15) is 52.7 Å². The quantitative estimate of drug-likeness (QED) is 0.812. The number of hydrogen-bond donors (Lipinski definition) is 0. The molecule has 0 atom stereocenters. The van der Waals surface area contributed by atoms with Crippen LogP contribution in [0, 0.1) is 0 Å². The van der Waals surface area contributed by atoms with Gasteiger partial charge in [0.1, 0.15) is 5.75 Å². The van der Waals surface area contributed by atoms with E-state index in [1.54, 1.807) is 6.29 Å². The van der Waals surface area contributed by atoms with Crippen LogP contribution in [-0.2, 0) is 15.6 Å². The molecule has 0 heterocycles. The summed E-state index contributed by atoms with van der Waals surface area (Å²) in [6.07, 6.45) is 1.76. The highest BCUT2D eigenvalue weighted by Crippen LogP contribution is 2.32. The highest BCUT2D eigenvalue weighted by molar-refractivity contribution is 5.52. The van der Waals surface area contributed by atoms with Gasteiger partial charge in [-0.05, 0) is 34.1 Å². The van der Waals surface area contributed by atoms with E-state index >= 15 is 0 Å². The second-order valence-corrected chi connectivity index (χ2v) is 6.68. The van der Waals surface area contributed by atoms with Crippen molar-refractivity contribution >= 4 is 6.29 Å². The highest BCUT2D eigenvalue weighted by Gasteiger charge is 2.20. The van der Waals surface area contributed by atoms with Gasteiger partial charge in [0.25, 0.3) is 0 Å². The normalized spacial score (nSPS) is 12.3.